The van der Waals surface area contributed by atoms with Gasteiger partial charge in [0.2, 0.25) is 5.91 Å². The zero-order valence-electron chi connectivity index (χ0n) is 17.0. The summed E-state index contributed by atoms with van der Waals surface area (Å²) in [6.07, 6.45) is 4.37. The number of rotatable bonds is 8. The van der Waals surface area contributed by atoms with E-state index in [1.165, 1.54) is 17.3 Å². The second kappa shape index (κ2) is 10.3. The Kier molecular flexibility index (Phi) is 7.01. The molecule has 0 fully saturated rings. The minimum Gasteiger partial charge on any atom is -0.355 e. The van der Waals surface area contributed by atoms with Crippen LogP contribution in [0.4, 0.5) is 0 Å². The van der Waals surface area contributed by atoms with Crippen molar-refractivity contribution in [3.05, 3.63) is 78.2 Å². The van der Waals surface area contributed by atoms with E-state index in [1.54, 1.807) is 23.7 Å². The molecule has 156 valence electrons. The number of carbonyl (C=O) groups excluding carboxylic acids is 1. The van der Waals surface area contributed by atoms with Gasteiger partial charge in [-0.1, -0.05) is 42.1 Å². The first-order valence-corrected chi connectivity index (χ1v) is 11.6. The van der Waals surface area contributed by atoms with E-state index in [0.29, 0.717) is 12.3 Å². The van der Waals surface area contributed by atoms with Crippen molar-refractivity contribution in [3.8, 4) is 21.1 Å². The van der Waals surface area contributed by atoms with E-state index in [4.69, 9.17) is 0 Å². The Morgan fingerprint density at radius 2 is 1.94 bits per heavy atom. The lowest BCUT2D eigenvalue weighted by atomic mass is 10.1. The third-order valence-corrected chi connectivity index (χ3v) is 6.66. The molecule has 0 bridgehead atoms. The van der Waals surface area contributed by atoms with Crippen LogP contribution in [-0.4, -0.2) is 38.4 Å². The van der Waals surface area contributed by atoms with Crippen LogP contribution in [0.1, 0.15) is 11.3 Å². The molecule has 0 unspecified atom stereocenters. The molecular formula is C23H21N5OS2. The zero-order chi connectivity index (χ0) is 21.5. The third kappa shape index (κ3) is 5.74. The first-order chi connectivity index (χ1) is 15.2. The second-order valence-corrected chi connectivity index (χ2v) is 8.80. The first-order valence-electron chi connectivity index (χ1n) is 9.84. The highest BCUT2D eigenvalue weighted by atomic mass is 32.2. The minimum atomic E-state index is -0.00813. The lowest BCUT2D eigenvalue weighted by molar-refractivity contribution is -0.118. The molecule has 0 radical (unpaired) electrons. The van der Waals surface area contributed by atoms with E-state index in [-0.39, 0.29) is 5.91 Å². The monoisotopic (exact) mass is 447 g/mol. The Morgan fingerprint density at radius 1 is 1.06 bits per heavy atom. The van der Waals surface area contributed by atoms with Crippen LogP contribution in [0, 0.1) is 6.92 Å². The number of nitrogens with zero attached hydrogens (tertiary/aromatic N) is 4. The van der Waals surface area contributed by atoms with Crippen LogP contribution in [-0.2, 0) is 11.2 Å². The van der Waals surface area contributed by atoms with E-state index < -0.39 is 0 Å². The molecule has 4 rings (SSSR count). The lowest BCUT2D eigenvalue weighted by Crippen LogP contribution is -2.27. The van der Waals surface area contributed by atoms with Crippen LogP contribution in [0.3, 0.4) is 0 Å². The van der Waals surface area contributed by atoms with Crippen LogP contribution in [0.5, 0.6) is 0 Å². The number of thiazole rings is 1. The standard InChI is InChI=1S/C23H21N5OS2/c1-16-22(31-23(26-16)18-8-5-12-24-14-18)19-9-10-21(28-27-19)30-15-20(29)25-13-11-17-6-3-2-4-7-17/h2-10,12,14H,11,13,15H2,1H3,(H,25,29). The molecule has 0 spiro atoms. The molecule has 0 atom stereocenters. The van der Waals surface area contributed by atoms with Crippen molar-refractivity contribution in [2.24, 2.45) is 0 Å². The van der Waals surface area contributed by atoms with Crippen molar-refractivity contribution >= 4 is 29.0 Å². The van der Waals surface area contributed by atoms with Crippen molar-refractivity contribution in [1.82, 2.24) is 25.5 Å². The summed E-state index contributed by atoms with van der Waals surface area (Å²) in [6, 6.07) is 17.8. The van der Waals surface area contributed by atoms with Gasteiger partial charge in [-0.3, -0.25) is 9.78 Å². The first kappa shape index (κ1) is 21.1. The second-order valence-electron chi connectivity index (χ2n) is 6.81. The van der Waals surface area contributed by atoms with Crippen LogP contribution in [0.2, 0.25) is 0 Å². The van der Waals surface area contributed by atoms with Gasteiger partial charge in [0.25, 0.3) is 0 Å². The number of amides is 1. The highest BCUT2D eigenvalue weighted by Crippen LogP contribution is 2.34. The number of thioether (sulfide) groups is 1. The number of nitrogens with one attached hydrogen (secondary N) is 1. The lowest BCUT2D eigenvalue weighted by Gasteiger charge is -2.05. The van der Waals surface area contributed by atoms with Crippen LogP contribution in [0.25, 0.3) is 21.1 Å². The molecule has 3 aromatic heterocycles. The van der Waals surface area contributed by atoms with Gasteiger partial charge in [-0.2, -0.15) is 0 Å². The Bertz CT molecular complexity index is 1130. The highest BCUT2D eigenvalue weighted by Gasteiger charge is 2.13. The maximum Gasteiger partial charge on any atom is 0.230 e. The number of hydrogen-bond donors (Lipinski definition) is 1. The van der Waals surface area contributed by atoms with Crippen molar-refractivity contribution in [1.29, 1.82) is 0 Å². The molecule has 6 nitrogen and oxygen atoms in total. The van der Waals surface area contributed by atoms with Crippen LogP contribution >= 0.6 is 23.1 Å². The van der Waals surface area contributed by atoms with Gasteiger partial charge in [0, 0.05) is 24.5 Å². The molecule has 0 saturated heterocycles. The predicted octanol–water partition coefficient (Wildman–Crippen LogP) is 4.42. The molecule has 1 aromatic carbocycles. The van der Waals surface area contributed by atoms with Gasteiger partial charge in [0.1, 0.15) is 15.7 Å². The van der Waals surface area contributed by atoms with E-state index in [9.17, 15) is 4.79 Å². The molecular weight excluding hydrogens is 426 g/mol. The number of aromatic nitrogens is 4. The van der Waals surface area contributed by atoms with Gasteiger partial charge in [-0.25, -0.2) is 4.98 Å². The highest BCUT2D eigenvalue weighted by molar-refractivity contribution is 7.99. The summed E-state index contributed by atoms with van der Waals surface area (Å²) in [6.45, 7) is 2.59. The molecule has 0 aliphatic carbocycles. The van der Waals surface area contributed by atoms with Gasteiger partial charge in [-0.05, 0) is 43.2 Å². The summed E-state index contributed by atoms with van der Waals surface area (Å²) in [5.41, 5.74) is 3.89. The predicted molar refractivity (Wildman–Crippen MR) is 125 cm³/mol. The summed E-state index contributed by atoms with van der Waals surface area (Å²) >= 11 is 2.95. The molecule has 1 amide bonds. The van der Waals surface area contributed by atoms with E-state index >= 15 is 0 Å². The molecule has 8 heteroatoms. The van der Waals surface area contributed by atoms with Gasteiger partial charge < -0.3 is 5.32 Å². The summed E-state index contributed by atoms with van der Waals surface area (Å²) in [5, 5.41) is 13.2. The molecule has 0 aliphatic heterocycles. The summed E-state index contributed by atoms with van der Waals surface area (Å²) in [5.74, 6) is 0.305. The van der Waals surface area contributed by atoms with Gasteiger partial charge in [0.05, 0.1) is 16.3 Å². The third-order valence-electron chi connectivity index (χ3n) is 4.51. The fourth-order valence-corrected chi connectivity index (χ4v) is 4.61. The number of aryl methyl sites for hydroxylation is 1. The molecule has 0 saturated carbocycles. The molecule has 1 N–H and O–H groups in total. The van der Waals surface area contributed by atoms with Crippen molar-refractivity contribution in [2.45, 2.75) is 18.4 Å². The summed E-state index contributed by atoms with van der Waals surface area (Å²) in [4.78, 5) is 21.9. The minimum absolute atomic E-state index is 0.00813. The maximum atomic E-state index is 12.1. The van der Waals surface area contributed by atoms with E-state index in [1.807, 2.05) is 49.4 Å². The fourth-order valence-electron chi connectivity index (χ4n) is 2.95. The van der Waals surface area contributed by atoms with Gasteiger partial charge in [-0.15, -0.1) is 21.5 Å². The largest absolute Gasteiger partial charge is 0.355 e. The summed E-state index contributed by atoms with van der Waals surface area (Å²) < 4.78 is 0. The summed E-state index contributed by atoms with van der Waals surface area (Å²) in [7, 11) is 0. The fraction of sp³-hybridized carbons (Fsp3) is 0.174. The van der Waals surface area contributed by atoms with E-state index in [0.717, 1.165) is 38.3 Å². The number of pyridine rings is 1. The van der Waals surface area contributed by atoms with Gasteiger partial charge in [0.15, 0.2) is 0 Å². The quantitative estimate of drug-likeness (QED) is 0.403. The molecule has 3 heterocycles. The Balaban J connectivity index is 1.30. The molecule has 4 aromatic rings. The zero-order valence-corrected chi connectivity index (χ0v) is 18.6. The average Bonchev–Trinajstić information content (AvgIpc) is 3.21. The van der Waals surface area contributed by atoms with Crippen molar-refractivity contribution in [3.63, 3.8) is 0 Å². The number of carbonyl (C=O) groups is 1. The Hall–Kier alpha value is -3.10. The SMILES string of the molecule is Cc1nc(-c2cccnc2)sc1-c1ccc(SCC(=O)NCCc2ccccc2)nn1. The van der Waals surface area contributed by atoms with Gasteiger partial charge >= 0.3 is 0 Å². The molecule has 31 heavy (non-hydrogen) atoms. The number of hydrogen-bond acceptors (Lipinski definition) is 7. The molecule has 0 aliphatic rings. The Morgan fingerprint density at radius 3 is 2.68 bits per heavy atom. The van der Waals surface area contributed by atoms with Crippen molar-refractivity contribution in [2.75, 3.05) is 12.3 Å². The smallest absolute Gasteiger partial charge is 0.230 e. The van der Waals surface area contributed by atoms with Crippen LogP contribution in [0.15, 0.2) is 72.0 Å². The van der Waals surface area contributed by atoms with Crippen molar-refractivity contribution < 1.29 is 4.79 Å². The average molecular weight is 448 g/mol. The topological polar surface area (TPSA) is 80.7 Å². The maximum absolute atomic E-state index is 12.1. The van der Waals surface area contributed by atoms with Crippen LogP contribution < -0.4 is 5.32 Å². The van der Waals surface area contributed by atoms with E-state index in [2.05, 4.69) is 37.6 Å². The Labute approximate surface area is 189 Å². The number of benzene rings is 1. The normalized spacial score (nSPS) is 10.7.